The van der Waals surface area contributed by atoms with Crippen molar-refractivity contribution < 1.29 is 33.3 Å². The maximum atomic E-state index is 12.5. The maximum Gasteiger partial charge on any atom is 0.508 e. The third kappa shape index (κ3) is 7.31. The van der Waals surface area contributed by atoms with Gasteiger partial charge in [-0.1, -0.05) is 75.8 Å². The Morgan fingerprint density at radius 3 is 2.53 bits per heavy atom. The van der Waals surface area contributed by atoms with Gasteiger partial charge in [0.05, 0.1) is 13.2 Å². The van der Waals surface area contributed by atoms with Gasteiger partial charge in [0.15, 0.2) is 14.6 Å². The minimum absolute atomic E-state index is 0.0599. The zero-order chi connectivity index (χ0) is 26.9. The lowest BCUT2D eigenvalue weighted by Gasteiger charge is -2.49. The molecule has 1 aliphatic rings. The molecule has 1 heterocycles. The van der Waals surface area contributed by atoms with Crippen LogP contribution in [0.4, 0.5) is 4.79 Å². The summed E-state index contributed by atoms with van der Waals surface area (Å²) in [6, 6.07) is 8.31. The first-order chi connectivity index (χ1) is 17.0. The molecule has 0 spiro atoms. The van der Waals surface area contributed by atoms with E-state index in [0.29, 0.717) is 5.92 Å². The molecule has 1 saturated heterocycles. The lowest BCUT2D eigenvalue weighted by atomic mass is 9.97. The van der Waals surface area contributed by atoms with Crippen LogP contribution in [-0.2, 0) is 30.0 Å². The van der Waals surface area contributed by atoms with E-state index in [0.717, 1.165) is 5.56 Å². The van der Waals surface area contributed by atoms with Gasteiger partial charge in [0.25, 0.3) is 0 Å². The average molecular weight is 522 g/mol. The first-order valence-corrected chi connectivity index (χ1v) is 15.0. The van der Waals surface area contributed by atoms with Crippen LogP contribution < -0.4 is 0 Å². The second-order valence-corrected chi connectivity index (χ2v) is 14.7. The molecule has 1 fully saturated rings. The van der Waals surface area contributed by atoms with Crippen LogP contribution in [0.3, 0.4) is 0 Å². The van der Waals surface area contributed by atoms with E-state index in [1.54, 1.807) is 0 Å². The number of ether oxygens (including phenoxy) is 4. The summed E-state index contributed by atoms with van der Waals surface area (Å²) in [4.78, 5) is 15.4. The predicted octanol–water partition coefficient (Wildman–Crippen LogP) is 5.33. The average Bonchev–Trinajstić information content (AvgIpc) is 2.84. The topological polar surface area (TPSA) is 132 Å². The van der Waals surface area contributed by atoms with Crippen LogP contribution in [0.15, 0.2) is 48.1 Å². The number of rotatable bonds is 12. The molecule has 36 heavy (non-hydrogen) atoms. The van der Waals surface area contributed by atoms with Crippen molar-refractivity contribution >= 4 is 14.5 Å². The van der Waals surface area contributed by atoms with Crippen LogP contribution in [-0.4, -0.2) is 63.4 Å². The molecule has 0 bridgehead atoms. The molecule has 0 saturated carbocycles. The molecular formula is C25H39N3O7Si. The first-order valence-electron chi connectivity index (χ1n) is 12.1. The zero-order valence-electron chi connectivity index (χ0n) is 22.0. The quantitative estimate of drug-likeness (QED) is 0.0981. The smallest absolute Gasteiger partial charge is 0.430 e. The predicted molar refractivity (Wildman–Crippen MR) is 138 cm³/mol. The van der Waals surface area contributed by atoms with Crippen molar-refractivity contribution in [1.29, 1.82) is 0 Å². The molecule has 0 aromatic heterocycles. The molecule has 1 N–H and O–H groups in total. The fraction of sp³-hybridized carbons (Fsp3) is 0.640. The van der Waals surface area contributed by atoms with E-state index in [9.17, 15) is 15.4 Å². The second-order valence-electron chi connectivity index (χ2n) is 10.1. The third-order valence-corrected chi connectivity index (χ3v) is 11.7. The molecule has 0 unspecified atom stereocenters. The van der Waals surface area contributed by atoms with Gasteiger partial charge < -0.3 is 28.5 Å². The highest BCUT2D eigenvalue weighted by Gasteiger charge is 2.53. The summed E-state index contributed by atoms with van der Waals surface area (Å²) in [6.45, 7) is 15.8. The van der Waals surface area contributed by atoms with Crippen molar-refractivity contribution in [2.45, 2.75) is 83.1 Å². The number of azide groups is 1. The molecule has 0 radical (unpaired) electrons. The van der Waals surface area contributed by atoms with Crippen molar-refractivity contribution in [2.75, 3.05) is 13.2 Å². The Morgan fingerprint density at radius 2 is 1.97 bits per heavy atom. The largest absolute Gasteiger partial charge is 0.508 e. The monoisotopic (exact) mass is 521 g/mol. The molecule has 5 atom stereocenters. The first kappa shape index (κ1) is 29.8. The van der Waals surface area contributed by atoms with Gasteiger partial charge in [0.2, 0.25) is 0 Å². The van der Waals surface area contributed by atoms with E-state index >= 15 is 0 Å². The Morgan fingerprint density at radius 1 is 1.31 bits per heavy atom. The number of aliphatic hydroxyl groups excluding tert-OH is 1. The van der Waals surface area contributed by atoms with Gasteiger partial charge >= 0.3 is 6.16 Å². The molecule has 11 heteroatoms. The van der Waals surface area contributed by atoms with Crippen molar-refractivity contribution in [3.8, 4) is 0 Å². The van der Waals surface area contributed by atoms with Crippen LogP contribution in [0.25, 0.3) is 10.4 Å². The second kappa shape index (κ2) is 13.2. The molecule has 2 rings (SSSR count). The number of aliphatic hydroxyl groups is 1. The molecule has 10 nitrogen and oxygen atoms in total. The third-order valence-electron chi connectivity index (χ3n) is 7.22. The van der Waals surface area contributed by atoms with Gasteiger partial charge in [-0.05, 0) is 35.1 Å². The molecule has 0 aliphatic carbocycles. The van der Waals surface area contributed by atoms with Gasteiger partial charge in [-0.25, -0.2) is 4.79 Å². The minimum Gasteiger partial charge on any atom is -0.430 e. The highest BCUT2D eigenvalue weighted by Crippen LogP contribution is 2.46. The number of hydrogen-bond acceptors (Lipinski definition) is 8. The Bertz CT molecular complexity index is 906. The van der Waals surface area contributed by atoms with E-state index in [4.69, 9.17) is 23.4 Å². The maximum absolute atomic E-state index is 12.5. The van der Waals surface area contributed by atoms with Crippen LogP contribution in [0.1, 0.15) is 33.3 Å². The fourth-order valence-electron chi connectivity index (χ4n) is 3.83. The summed E-state index contributed by atoms with van der Waals surface area (Å²) in [6.07, 6.45) is -3.64. The summed E-state index contributed by atoms with van der Waals surface area (Å²) in [5, 5.41) is 13.9. The minimum atomic E-state index is -2.49. The normalized spacial score (nSPS) is 24.6. The molecule has 1 aromatic carbocycles. The van der Waals surface area contributed by atoms with Crippen molar-refractivity contribution in [3.05, 3.63) is 59.0 Å². The van der Waals surface area contributed by atoms with Gasteiger partial charge in [-0.3, -0.25) is 0 Å². The van der Waals surface area contributed by atoms with Crippen LogP contribution in [0.5, 0.6) is 0 Å². The van der Waals surface area contributed by atoms with E-state index in [-0.39, 0.29) is 18.3 Å². The van der Waals surface area contributed by atoms with E-state index in [2.05, 4.69) is 57.4 Å². The molecule has 0 amide bonds. The molecule has 1 aromatic rings. The van der Waals surface area contributed by atoms with Crippen molar-refractivity contribution in [3.63, 3.8) is 0 Å². The SMILES string of the molecule is C=CCOC(=O)O[C@@H]1[C@@H](N=[N+]=[N-])[C@@H](O[Si](C)(C)C(C)(C)C(C)C)O[C@H](CO)[C@H]1OCc1ccccc1. The Kier molecular flexibility index (Phi) is 11.0. The standard InChI is InChI=1S/C25H39N3O7Si/c1-8-14-31-24(30)34-22-20(27-28-26)23(35-36(6,7)25(4,5)17(2)3)33-19(15-29)21(22)32-16-18-12-10-9-11-13-18/h8-13,17,19-23,29H,1,14-16H2,2-7H3/t19-,20-,21-,22-,23-/m1/s1. The van der Waals surface area contributed by atoms with E-state index in [1.807, 2.05) is 30.3 Å². The fourth-order valence-corrected chi connectivity index (χ4v) is 6.30. The van der Waals surface area contributed by atoms with E-state index in [1.165, 1.54) is 6.08 Å². The number of carbonyl (C=O) groups is 1. The summed E-state index contributed by atoms with van der Waals surface area (Å²) in [7, 11) is -2.49. The van der Waals surface area contributed by atoms with Crippen molar-refractivity contribution in [2.24, 2.45) is 11.0 Å². The Labute approximate surface area is 214 Å². The Hall–Kier alpha value is -2.40. The lowest BCUT2D eigenvalue weighted by Crippen LogP contribution is -2.63. The number of hydrogen-bond donors (Lipinski definition) is 1. The highest BCUT2D eigenvalue weighted by molar-refractivity contribution is 6.74. The molecule has 200 valence electrons. The summed E-state index contributed by atoms with van der Waals surface area (Å²) in [5.41, 5.74) is 10.2. The van der Waals surface area contributed by atoms with Gasteiger partial charge in [0.1, 0.15) is 31.0 Å². The summed E-state index contributed by atoms with van der Waals surface area (Å²) >= 11 is 0. The van der Waals surface area contributed by atoms with Crippen LogP contribution in [0, 0.1) is 5.92 Å². The van der Waals surface area contributed by atoms with Gasteiger partial charge in [0, 0.05) is 4.91 Å². The lowest BCUT2D eigenvalue weighted by molar-refractivity contribution is -0.257. The molecular weight excluding hydrogens is 482 g/mol. The van der Waals surface area contributed by atoms with Gasteiger partial charge in [-0.2, -0.15) is 0 Å². The summed E-state index contributed by atoms with van der Waals surface area (Å²) in [5.74, 6) is 0.303. The van der Waals surface area contributed by atoms with E-state index < -0.39 is 51.7 Å². The number of nitrogens with zero attached hydrogens (tertiary/aromatic N) is 3. The summed E-state index contributed by atoms with van der Waals surface area (Å²) < 4.78 is 29.4. The van der Waals surface area contributed by atoms with Crippen LogP contribution >= 0.6 is 0 Å². The highest BCUT2D eigenvalue weighted by atomic mass is 28.4. The molecule has 1 aliphatic heterocycles. The van der Waals surface area contributed by atoms with Gasteiger partial charge in [-0.15, -0.1) is 0 Å². The number of benzene rings is 1. The van der Waals surface area contributed by atoms with Crippen LogP contribution in [0.2, 0.25) is 18.1 Å². The number of carbonyl (C=O) groups excluding carboxylic acids is 1. The van der Waals surface area contributed by atoms with Crippen molar-refractivity contribution in [1.82, 2.24) is 0 Å². The Balaban J connectivity index is 2.42. The zero-order valence-corrected chi connectivity index (χ0v) is 23.0.